The summed E-state index contributed by atoms with van der Waals surface area (Å²) in [7, 11) is 0. The van der Waals surface area contributed by atoms with Crippen molar-refractivity contribution in [3.05, 3.63) is 16.9 Å². The van der Waals surface area contributed by atoms with Crippen LogP contribution in [0.25, 0.3) is 12.0 Å². The molecule has 1 N–H and O–H groups in total. The second-order valence-corrected chi connectivity index (χ2v) is 2.40. The molecule has 0 aliphatic carbocycles. The molecule has 4 nitrogen and oxygen atoms in total. The fraction of sp³-hybridized carbons (Fsp3) is 0.143. The average Bonchev–Trinajstić information content (AvgIpc) is 2.60. The van der Waals surface area contributed by atoms with Gasteiger partial charge in [0, 0.05) is 0 Å². The van der Waals surface area contributed by atoms with Crippen LogP contribution in [-0.4, -0.2) is 6.61 Å². The van der Waals surface area contributed by atoms with Crippen molar-refractivity contribution in [3.8, 4) is 0 Å². The largest absolute Gasteiger partial charge is 0.462 e. The van der Waals surface area contributed by atoms with E-state index in [-0.39, 0.29) is 0 Å². The van der Waals surface area contributed by atoms with Crippen LogP contribution in [0.2, 0.25) is 0 Å². The molecular weight excluding hydrogens is 146 g/mol. The zero-order valence-electron chi connectivity index (χ0n) is 5.59. The second kappa shape index (κ2) is 1.53. The molecule has 0 atom stereocenters. The van der Waals surface area contributed by atoms with Crippen LogP contribution in [-0.2, 0) is 9.57 Å². The summed E-state index contributed by atoms with van der Waals surface area (Å²) in [5.41, 5.74) is 4.35. The number of rotatable bonds is 0. The topological polar surface area (TPSA) is 43.6 Å². The van der Waals surface area contributed by atoms with E-state index < -0.39 is 0 Å². The average molecular weight is 151 g/mol. The highest BCUT2D eigenvalue weighted by Crippen LogP contribution is 2.13. The van der Waals surface area contributed by atoms with Crippen molar-refractivity contribution in [2.24, 2.45) is 0 Å². The van der Waals surface area contributed by atoms with Gasteiger partial charge in [-0.2, -0.15) is 0 Å². The van der Waals surface area contributed by atoms with E-state index in [0.29, 0.717) is 12.6 Å². The highest BCUT2D eigenvalue weighted by atomic mass is 16.8. The van der Waals surface area contributed by atoms with Crippen LogP contribution in [0.1, 0.15) is 0 Å². The second-order valence-electron chi connectivity index (χ2n) is 2.40. The van der Waals surface area contributed by atoms with Gasteiger partial charge in [-0.05, 0) is 6.08 Å². The maximum atomic E-state index is 5.21. The Bertz CT molecular complexity index is 417. The number of anilines is 1. The molecule has 4 heteroatoms. The normalized spacial score (nSPS) is 17.6. The van der Waals surface area contributed by atoms with Crippen LogP contribution in [0.3, 0.4) is 0 Å². The van der Waals surface area contributed by atoms with E-state index in [0.717, 1.165) is 16.3 Å². The number of hydrogen-bond donors (Lipinski definition) is 1. The van der Waals surface area contributed by atoms with E-state index in [1.165, 1.54) is 0 Å². The summed E-state index contributed by atoms with van der Waals surface area (Å²) in [6.07, 6.45) is 3.49. The van der Waals surface area contributed by atoms with Crippen LogP contribution in [0.5, 0.6) is 0 Å². The van der Waals surface area contributed by atoms with Gasteiger partial charge in [0.15, 0.2) is 0 Å². The quantitative estimate of drug-likeness (QED) is 0.543. The molecule has 11 heavy (non-hydrogen) atoms. The first-order chi connectivity index (χ1) is 5.45. The van der Waals surface area contributed by atoms with Crippen LogP contribution in [0.15, 0.2) is 10.7 Å². The number of hydrogen-bond acceptors (Lipinski definition) is 4. The molecule has 2 aliphatic rings. The molecule has 0 saturated carbocycles. The minimum absolute atomic E-state index is 0.511. The Balaban J connectivity index is 2.57. The molecule has 1 aromatic heterocycles. The van der Waals surface area contributed by atoms with Gasteiger partial charge in [0.05, 0.1) is 0 Å². The fourth-order valence-electron chi connectivity index (χ4n) is 1.26. The third kappa shape index (κ3) is 0.497. The Labute approximate surface area is 61.7 Å². The molecule has 0 bridgehead atoms. The predicted octanol–water partition coefficient (Wildman–Crippen LogP) is -0.487. The SMILES string of the molecule is C1=c2occ3c2=C(OC1)ON3. The fourth-order valence-corrected chi connectivity index (χ4v) is 1.26. The molecular formula is C7H5NO3. The smallest absolute Gasteiger partial charge is 0.320 e. The Kier molecular flexibility index (Phi) is 0.711. The Morgan fingerprint density at radius 3 is 3.45 bits per heavy atom. The highest BCUT2D eigenvalue weighted by molar-refractivity contribution is 5.55. The Morgan fingerprint density at radius 2 is 2.45 bits per heavy atom. The number of furan rings is 1. The third-order valence-corrected chi connectivity index (χ3v) is 1.76. The number of ether oxygens (including phenoxy) is 1. The van der Waals surface area contributed by atoms with Gasteiger partial charge in [-0.3, -0.25) is 0 Å². The van der Waals surface area contributed by atoms with E-state index in [9.17, 15) is 0 Å². The van der Waals surface area contributed by atoms with Crippen LogP contribution < -0.4 is 16.1 Å². The standard InChI is InChI=1S/C7H5NO3/c1-2-9-7-6-4(8-11-7)3-10-5(1)6/h1,3,8H,2H2. The van der Waals surface area contributed by atoms with Crippen molar-refractivity contribution in [1.29, 1.82) is 0 Å². The van der Waals surface area contributed by atoms with Crippen molar-refractivity contribution in [2.75, 3.05) is 12.1 Å². The van der Waals surface area contributed by atoms with Crippen LogP contribution >= 0.6 is 0 Å². The van der Waals surface area contributed by atoms with Crippen molar-refractivity contribution in [2.45, 2.75) is 0 Å². The lowest BCUT2D eigenvalue weighted by molar-refractivity contribution is 0.170. The minimum atomic E-state index is 0.511. The summed E-state index contributed by atoms with van der Waals surface area (Å²) in [4.78, 5) is 5.01. The summed E-state index contributed by atoms with van der Waals surface area (Å²) in [6.45, 7) is 0.511. The Hall–Kier alpha value is -1.58. The molecule has 0 aromatic carbocycles. The summed E-state index contributed by atoms with van der Waals surface area (Å²) < 4.78 is 10.4. The molecule has 0 fully saturated rings. The first-order valence-corrected chi connectivity index (χ1v) is 3.33. The Morgan fingerprint density at radius 1 is 1.45 bits per heavy atom. The molecule has 0 amide bonds. The molecule has 56 valence electrons. The molecule has 0 spiro atoms. The van der Waals surface area contributed by atoms with Gasteiger partial charge in [-0.1, -0.05) is 0 Å². The first kappa shape index (κ1) is 5.12. The summed E-state index contributed by atoms with van der Waals surface area (Å²) in [6, 6.07) is 0. The third-order valence-electron chi connectivity index (χ3n) is 1.76. The van der Waals surface area contributed by atoms with Gasteiger partial charge in [0.1, 0.15) is 29.2 Å². The van der Waals surface area contributed by atoms with E-state index in [4.69, 9.17) is 14.0 Å². The summed E-state index contributed by atoms with van der Waals surface area (Å²) >= 11 is 0. The van der Waals surface area contributed by atoms with Gasteiger partial charge in [0.25, 0.3) is 0 Å². The monoisotopic (exact) mass is 151 g/mol. The van der Waals surface area contributed by atoms with Crippen LogP contribution in [0, 0.1) is 0 Å². The molecule has 1 aromatic rings. The van der Waals surface area contributed by atoms with Gasteiger partial charge in [0.2, 0.25) is 0 Å². The molecule has 0 radical (unpaired) electrons. The molecule has 0 unspecified atom stereocenters. The summed E-state index contributed by atoms with van der Waals surface area (Å²) in [5.74, 6) is 0.520. The lowest BCUT2D eigenvalue weighted by Crippen LogP contribution is -2.26. The van der Waals surface area contributed by atoms with E-state index in [1.54, 1.807) is 6.26 Å². The van der Waals surface area contributed by atoms with Crippen molar-refractivity contribution in [3.63, 3.8) is 0 Å². The van der Waals surface area contributed by atoms with E-state index in [1.807, 2.05) is 6.08 Å². The van der Waals surface area contributed by atoms with Gasteiger partial charge in [-0.25, -0.2) is 5.48 Å². The van der Waals surface area contributed by atoms with Crippen molar-refractivity contribution in [1.82, 2.24) is 0 Å². The molecule has 2 aliphatic heterocycles. The van der Waals surface area contributed by atoms with E-state index >= 15 is 0 Å². The molecule has 3 heterocycles. The molecule has 0 saturated heterocycles. The zero-order chi connectivity index (χ0) is 7.26. The van der Waals surface area contributed by atoms with Crippen LogP contribution in [0.4, 0.5) is 5.69 Å². The lowest BCUT2D eigenvalue weighted by atomic mass is 10.3. The van der Waals surface area contributed by atoms with Gasteiger partial charge < -0.3 is 14.0 Å². The van der Waals surface area contributed by atoms with Crippen molar-refractivity contribution >= 4 is 17.7 Å². The maximum absolute atomic E-state index is 5.21. The number of nitrogens with one attached hydrogen (secondary N) is 1. The lowest BCUT2D eigenvalue weighted by Gasteiger charge is -2.05. The zero-order valence-corrected chi connectivity index (χ0v) is 5.59. The van der Waals surface area contributed by atoms with Gasteiger partial charge in [-0.15, -0.1) is 0 Å². The molecule has 3 rings (SSSR count). The van der Waals surface area contributed by atoms with Gasteiger partial charge >= 0.3 is 5.95 Å². The summed E-state index contributed by atoms with van der Waals surface area (Å²) in [5, 5.41) is 0.899. The highest BCUT2D eigenvalue weighted by Gasteiger charge is 2.20. The predicted molar refractivity (Wildman–Crippen MR) is 36.5 cm³/mol. The van der Waals surface area contributed by atoms with Crippen molar-refractivity contribution < 1.29 is 14.0 Å². The minimum Gasteiger partial charge on any atom is -0.462 e. The maximum Gasteiger partial charge on any atom is 0.320 e. The first-order valence-electron chi connectivity index (χ1n) is 3.33. The van der Waals surface area contributed by atoms with E-state index in [2.05, 4.69) is 5.48 Å².